The van der Waals surface area contributed by atoms with Crippen LogP contribution in [0, 0.1) is 11.8 Å². The highest BCUT2D eigenvalue weighted by molar-refractivity contribution is 5.68. The van der Waals surface area contributed by atoms with Crippen LogP contribution in [-0.2, 0) is 4.74 Å². The van der Waals surface area contributed by atoms with Crippen molar-refractivity contribution in [2.75, 3.05) is 19.6 Å². The van der Waals surface area contributed by atoms with E-state index < -0.39 is 0 Å². The normalized spacial score (nSPS) is 33.8. The molecule has 1 aliphatic carbocycles. The molecule has 0 aromatic heterocycles. The number of likely N-dealkylation sites (tertiary alicyclic amines) is 1. The lowest BCUT2D eigenvalue weighted by Crippen LogP contribution is -2.41. The summed E-state index contributed by atoms with van der Waals surface area (Å²) < 4.78 is 5.61. The molecule has 1 saturated heterocycles. The number of hydrogen-bond donors (Lipinski definition) is 1. The number of hydrogen-bond acceptors (Lipinski definition) is 3. The molecule has 98 valence electrons. The first-order valence-corrected chi connectivity index (χ1v) is 6.86. The van der Waals surface area contributed by atoms with Crippen LogP contribution in [0.4, 0.5) is 4.79 Å². The van der Waals surface area contributed by atoms with Gasteiger partial charge in [-0.05, 0) is 44.6 Å². The first kappa shape index (κ1) is 12.7. The highest BCUT2D eigenvalue weighted by atomic mass is 16.6. The lowest BCUT2D eigenvalue weighted by Gasteiger charge is -2.31. The minimum absolute atomic E-state index is 0.0599. The van der Waals surface area contributed by atoms with Gasteiger partial charge in [0.25, 0.3) is 0 Å². The monoisotopic (exact) mass is 240 g/mol. The van der Waals surface area contributed by atoms with Gasteiger partial charge in [-0.3, -0.25) is 0 Å². The summed E-state index contributed by atoms with van der Waals surface area (Å²) in [6.45, 7) is 4.52. The van der Waals surface area contributed by atoms with Crippen LogP contribution in [0.1, 0.15) is 39.0 Å². The number of piperidine rings is 1. The first-order valence-electron chi connectivity index (χ1n) is 6.86. The van der Waals surface area contributed by atoms with E-state index in [0.29, 0.717) is 18.4 Å². The van der Waals surface area contributed by atoms with Gasteiger partial charge < -0.3 is 15.4 Å². The highest BCUT2D eigenvalue weighted by Gasteiger charge is 2.31. The third kappa shape index (κ3) is 3.12. The van der Waals surface area contributed by atoms with Gasteiger partial charge in [-0.25, -0.2) is 4.79 Å². The summed E-state index contributed by atoms with van der Waals surface area (Å²) in [7, 11) is 0. The third-order valence-corrected chi connectivity index (χ3v) is 4.06. The van der Waals surface area contributed by atoms with E-state index in [9.17, 15) is 4.79 Å². The Balaban J connectivity index is 1.83. The van der Waals surface area contributed by atoms with E-state index in [-0.39, 0.29) is 12.2 Å². The van der Waals surface area contributed by atoms with Crippen molar-refractivity contribution in [2.24, 2.45) is 17.6 Å². The fourth-order valence-electron chi connectivity index (χ4n) is 2.99. The average molecular weight is 240 g/mol. The van der Waals surface area contributed by atoms with Gasteiger partial charge >= 0.3 is 6.09 Å². The summed E-state index contributed by atoms with van der Waals surface area (Å²) in [6, 6.07) is 0. The minimum atomic E-state index is -0.123. The molecule has 4 heteroatoms. The zero-order chi connectivity index (χ0) is 12.3. The van der Waals surface area contributed by atoms with E-state index in [4.69, 9.17) is 10.5 Å². The molecule has 1 saturated carbocycles. The van der Waals surface area contributed by atoms with Crippen molar-refractivity contribution >= 4 is 6.09 Å². The molecule has 2 N–H and O–H groups in total. The summed E-state index contributed by atoms with van der Waals surface area (Å²) in [4.78, 5) is 13.9. The predicted octanol–water partition coefficient (Wildman–Crippen LogP) is 1.98. The van der Waals surface area contributed by atoms with Crippen LogP contribution in [0.3, 0.4) is 0 Å². The molecule has 3 unspecified atom stereocenters. The molecule has 0 aromatic rings. The Bertz CT molecular complexity index is 270. The number of nitrogens with zero attached hydrogens (tertiary/aromatic N) is 1. The Morgan fingerprint density at radius 1 is 1.35 bits per heavy atom. The zero-order valence-electron chi connectivity index (χ0n) is 10.7. The second kappa shape index (κ2) is 5.71. The molecule has 2 aliphatic rings. The van der Waals surface area contributed by atoms with Crippen molar-refractivity contribution in [3.8, 4) is 0 Å². The fourth-order valence-corrected chi connectivity index (χ4v) is 2.99. The Kier molecular flexibility index (Phi) is 4.26. The number of carbonyl (C=O) groups is 1. The Morgan fingerprint density at radius 3 is 2.88 bits per heavy atom. The van der Waals surface area contributed by atoms with Gasteiger partial charge in [0.05, 0.1) is 0 Å². The van der Waals surface area contributed by atoms with E-state index in [0.717, 1.165) is 38.8 Å². The van der Waals surface area contributed by atoms with Crippen molar-refractivity contribution < 1.29 is 9.53 Å². The van der Waals surface area contributed by atoms with E-state index in [2.05, 4.69) is 6.92 Å². The van der Waals surface area contributed by atoms with Crippen molar-refractivity contribution in [3.05, 3.63) is 0 Å². The Hall–Kier alpha value is -0.770. The quantitative estimate of drug-likeness (QED) is 0.803. The van der Waals surface area contributed by atoms with E-state index in [1.165, 1.54) is 6.42 Å². The van der Waals surface area contributed by atoms with E-state index >= 15 is 0 Å². The van der Waals surface area contributed by atoms with Crippen LogP contribution in [0.5, 0.6) is 0 Å². The molecule has 1 aliphatic heterocycles. The molecular weight excluding hydrogens is 216 g/mol. The van der Waals surface area contributed by atoms with Crippen LogP contribution < -0.4 is 5.73 Å². The van der Waals surface area contributed by atoms with Crippen LogP contribution in [0.25, 0.3) is 0 Å². The fraction of sp³-hybridized carbons (Fsp3) is 0.923. The van der Waals surface area contributed by atoms with Gasteiger partial charge in [0.1, 0.15) is 6.10 Å². The molecule has 4 nitrogen and oxygen atoms in total. The van der Waals surface area contributed by atoms with Gasteiger partial charge in [-0.1, -0.05) is 6.92 Å². The highest BCUT2D eigenvalue weighted by Crippen LogP contribution is 2.28. The summed E-state index contributed by atoms with van der Waals surface area (Å²) in [6.07, 6.45) is 5.48. The second-order valence-electron chi connectivity index (χ2n) is 5.54. The van der Waals surface area contributed by atoms with E-state index in [1.54, 1.807) is 0 Å². The number of carbonyl (C=O) groups excluding carboxylic acids is 1. The molecule has 0 radical (unpaired) electrons. The molecule has 0 spiro atoms. The maximum absolute atomic E-state index is 12.0. The molecule has 3 atom stereocenters. The molecule has 0 bridgehead atoms. The van der Waals surface area contributed by atoms with Crippen molar-refractivity contribution in [3.63, 3.8) is 0 Å². The van der Waals surface area contributed by atoms with Crippen molar-refractivity contribution in [2.45, 2.75) is 45.1 Å². The molecule has 1 heterocycles. The maximum Gasteiger partial charge on any atom is 0.410 e. The Labute approximate surface area is 103 Å². The molecule has 0 aromatic carbocycles. The lowest BCUT2D eigenvalue weighted by atomic mass is 10.0. The second-order valence-corrected chi connectivity index (χ2v) is 5.54. The summed E-state index contributed by atoms with van der Waals surface area (Å²) in [5, 5.41) is 0. The topological polar surface area (TPSA) is 55.6 Å². The van der Waals surface area contributed by atoms with Crippen LogP contribution in [0.2, 0.25) is 0 Å². The first-order chi connectivity index (χ1) is 8.20. The molecule has 2 fully saturated rings. The smallest absolute Gasteiger partial charge is 0.410 e. The summed E-state index contributed by atoms with van der Waals surface area (Å²) >= 11 is 0. The van der Waals surface area contributed by atoms with Gasteiger partial charge in [0, 0.05) is 19.0 Å². The predicted molar refractivity (Wildman–Crippen MR) is 66.6 cm³/mol. The lowest BCUT2D eigenvalue weighted by molar-refractivity contribution is 0.0381. The van der Waals surface area contributed by atoms with Gasteiger partial charge in [-0.2, -0.15) is 0 Å². The van der Waals surface area contributed by atoms with Crippen molar-refractivity contribution in [1.82, 2.24) is 4.90 Å². The summed E-state index contributed by atoms with van der Waals surface area (Å²) in [5.41, 5.74) is 5.70. The van der Waals surface area contributed by atoms with Gasteiger partial charge in [0.15, 0.2) is 0 Å². The Morgan fingerprint density at radius 2 is 2.18 bits per heavy atom. The number of ether oxygens (including phenoxy) is 1. The standard InChI is InChI=1S/C13H24N2O2/c1-10-4-3-7-15(9-10)13(16)17-12-6-2-5-11(12)8-14/h10-12H,2-9,14H2,1H3. The third-order valence-electron chi connectivity index (χ3n) is 4.06. The van der Waals surface area contributed by atoms with Gasteiger partial charge in [0.2, 0.25) is 0 Å². The molecule has 17 heavy (non-hydrogen) atoms. The molecule has 2 rings (SSSR count). The summed E-state index contributed by atoms with van der Waals surface area (Å²) in [5.74, 6) is 0.978. The van der Waals surface area contributed by atoms with Crippen LogP contribution >= 0.6 is 0 Å². The van der Waals surface area contributed by atoms with Crippen molar-refractivity contribution in [1.29, 1.82) is 0 Å². The van der Waals surface area contributed by atoms with Crippen LogP contribution in [0.15, 0.2) is 0 Å². The molecule has 1 amide bonds. The largest absolute Gasteiger partial charge is 0.446 e. The zero-order valence-corrected chi connectivity index (χ0v) is 10.7. The number of rotatable bonds is 2. The van der Waals surface area contributed by atoms with E-state index in [1.807, 2.05) is 4.90 Å². The minimum Gasteiger partial charge on any atom is -0.446 e. The number of amides is 1. The SMILES string of the molecule is CC1CCCN(C(=O)OC2CCCC2CN)C1. The van der Waals surface area contributed by atoms with Gasteiger partial charge in [-0.15, -0.1) is 0 Å². The van der Waals surface area contributed by atoms with Crippen LogP contribution in [-0.4, -0.2) is 36.7 Å². The number of nitrogens with two attached hydrogens (primary N) is 1. The molecular formula is C13H24N2O2. The average Bonchev–Trinajstić information content (AvgIpc) is 2.76. The maximum atomic E-state index is 12.0.